The Morgan fingerprint density at radius 3 is 2.12 bits per heavy atom. The molecule has 2 aliphatic carbocycles. The normalized spacial score (nSPS) is 29.3. The van der Waals surface area contributed by atoms with Crippen LogP contribution in [-0.4, -0.2) is 22.7 Å². The van der Waals surface area contributed by atoms with Crippen LogP contribution in [0.1, 0.15) is 32.3 Å². The summed E-state index contributed by atoms with van der Waals surface area (Å²) in [6.45, 7) is 4.12. The molecule has 0 aromatic heterocycles. The lowest BCUT2D eigenvalue weighted by Crippen LogP contribution is -2.48. The number of nitrogens with one attached hydrogen (secondary N) is 1. The molecule has 2 bridgehead atoms. The first-order valence-corrected chi connectivity index (χ1v) is 9.35. The van der Waals surface area contributed by atoms with Crippen molar-refractivity contribution in [2.45, 2.75) is 33.1 Å². The van der Waals surface area contributed by atoms with Crippen LogP contribution in [0, 0.1) is 23.7 Å². The maximum Gasteiger partial charge on any atom is 0.252 e. The van der Waals surface area contributed by atoms with E-state index in [9.17, 15) is 14.4 Å². The molecule has 0 unspecified atom stereocenters. The van der Waals surface area contributed by atoms with Crippen LogP contribution in [0.15, 0.2) is 35.4 Å². The minimum absolute atomic E-state index is 0.0929. The fourth-order valence-electron chi connectivity index (χ4n) is 5.05. The molecule has 1 N–H and O–H groups in total. The summed E-state index contributed by atoms with van der Waals surface area (Å²) in [5, 5.41) is 1.57. The lowest BCUT2D eigenvalue weighted by atomic mass is 9.81. The number of amides is 3. The van der Waals surface area contributed by atoms with Crippen molar-refractivity contribution in [3.05, 3.63) is 46.0 Å². The number of hydrazine groups is 1. The summed E-state index contributed by atoms with van der Waals surface area (Å²) >= 11 is 5.84. The Hall–Kier alpha value is -2.14. The Bertz CT molecular complexity index is 794. The summed E-state index contributed by atoms with van der Waals surface area (Å²) in [6.07, 6.45) is 2.01. The van der Waals surface area contributed by atoms with Crippen molar-refractivity contribution in [2.24, 2.45) is 23.7 Å². The highest BCUT2D eigenvalue weighted by molar-refractivity contribution is 6.30. The molecule has 4 rings (SSSR count). The molecule has 5 nitrogen and oxygen atoms in total. The van der Waals surface area contributed by atoms with Crippen LogP contribution in [0.2, 0.25) is 5.02 Å². The monoisotopic (exact) mass is 372 g/mol. The number of hydrogen-bond donors (Lipinski definition) is 1. The zero-order valence-corrected chi connectivity index (χ0v) is 15.5. The third-order valence-corrected chi connectivity index (χ3v) is 6.20. The number of imide groups is 1. The van der Waals surface area contributed by atoms with E-state index in [1.807, 2.05) is 0 Å². The van der Waals surface area contributed by atoms with Crippen LogP contribution in [0.5, 0.6) is 0 Å². The Labute approximate surface area is 157 Å². The number of rotatable bonds is 3. The maximum atomic E-state index is 12.8. The van der Waals surface area contributed by atoms with Gasteiger partial charge in [-0.1, -0.05) is 34.9 Å². The van der Waals surface area contributed by atoms with Gasteiger partial charge in [-0.3, -0.25) is 19.8 Å². The zero-order chi connectivity index (χ0) is 18.6. The summed E-state index contributed by atoms with van der Waals surface area (Å²) in [4.78, 5) is 38.0. The second kappa shape index (κ2) is 6.23. The van der Waals surface area contributed by atoms with Gasteiger partial charge in [0.15, 0.2) is 0 Å². The molecule has 1 heterocycles. The number of carbonyl (C=O) groups is 3. The number of benzene rings is 1. The van der Waals surface area contributed by atoms with Crippen molar-refractivity contribution < 1.29 is 14.4 Å². The number of allylic oxidation sites excluding steroid dienone is 2. The molecule has 3 aliphatic rings. The van der Waals surface area contributed by atoms with Crippen molar-refractivity contribution in [1.82, 2.24) is 10.4 Å². The van der Waals surface area contributed by atoms with Gasteiger partial charge in [-0.05, 0) is 56.2 Å². The Morgan fingerprint density at radius 1 is 1.08 bits per heavy atom. The standard InChI is InChI=1S/C20H21ClN2O3/c1-10(2)16-13-7-8-14(16)18-17(13)19(25)23(20(18)26)22-15(24)9-11-3-5-12(21)6-4-11/h3-6,13-14,17-18H,7-9H2,1-2H3,(H,22,24)/t13-,14-,17-,18-/m1/s1. The molecule has 3 fully saturated rings. The molecular weight excluding hydrogens is 352 g/mol. The largest absolute Gasteiger partial charge is 0.273 e. The van der Waals surface area contributed by atoms with Crippen LogP contribution < -0.4 is 5.43 Å². The van der Waals surface area contributed by atoms with Gasteiger partial charge in [0, 0.05) is 5.02 Å². The fraction of sp³-hybridized carbons (Fsp3) is 0.450. The summed E-state index contributed by atoms with van der Waals surface area (Å²) in [7, 11) is 0. The van der Waals surface area contributed by atoms with Gasteiger partial charge in [0.05, 0.1) is 18.3 Å². The number of carbonyl (C=O) groups excluding carboxylic acids is 3. The molecular formula is C20H21ClN2O3. The van der Waals surface area contributed by atoms with Crippen molar-refractivity contribution in [3.63, 3.8) is 0 Å². The summed E-state index contributed by atoms with van der Waals surface area (Å²) in [5.41, 5.74) is 5.83. The average molecular weight is 373 g/mol. The first kappa shape index (κ1) is 17.3. The number of fused-ring (bicyclic) bond motifs is 5. The van der Waals surface area contributed by atoms with E-state index in [2.05, 4.69) is 19.3 Å². The second-order valence-corrected chi connectivity index (χ2v) is 8.08. The van der Waals surface area contributed by atoms with Crippen LogP contribution in [-0.2, 0) is 20.8 Å². The van der Waals surface area contributed by atoms with E-state index >= 15 is 0 Å². The lowest BCUT2D eigenvalue weighted by Gasteiger charge is -2.19. The highest BCUT2D eigenvalue weighted by Crippen LogP contribution is 2.59. The maximum absolute atomic E-state index is 12.8. The summed E-state index contributed by atoms with van der Waals surface area (Å²) < 4.78 is 0. The van der Waals surface area contributed by atoms with Crippen molar-refractivity contribution >= 4 is 29.3 Å². The van der Waals surface area contributed by atoms with E-state index in [4.69, 9.17) is 11.6 Å². The third-order valence-electron chi connectivity index (χ3n) is 5.94. The van der Waals surface area contributed by atoms with E-state index in [1.54, 1.807) is 24.3 Å². The molecule has 0 radical (unpaired) electrons. The van der Waals surface area contributed by atoms with Gasteiger partial charge in [-0.15, -0.1) is 0 Å². The molecule has 0 spiro atoms. The van der Waals surface area contributed by atoms with Gasteiger partial charge in [-0.2, -0.15) is 5.01 Å². The second-order valence-electron chi connectivity index (χ2n) is 7.65. The van der Waals surface area contributed by atoms with Gasteiger partial charge in [0.2, 0.25) is 5.91 Å². The third kappa shape index (κ3) is 2.57. The minimum Gasteiger partial charge on any atom is -0.273 e. The molecule has 1 aromatic carbocycles. The minimum atomic E-state index is -0.371. The van der Waals surface area contributed by atoms with Crippen molar-refractivity contribution in [2.75, 3.05) is 0 Å². The van der Waals surface area contributed by atoms with Crippen molar-refractivity contribution in [1.29, 1.82) is 0 Å². The van der Waals surface area contributed by atoms with Gasteiger partial charge >= 0.3 is 0 Å². The number of halogens is 1. The number of hydrogen-bond acceptors (Lipinski definition) is 3. The molecule has 1 aliphatic heterocycles. The Kier molecular flexibility index (Phi) is 4.14. The SMILES string of the molecule is CC(C)=C1[C@H]2CC[C@H]1[C@H]1C(=O)N(NC(=O)Cc3ccc(Cl)cc3)C(=O)[C@@H]12. The van der Waals surface area contributed by atoms with Gasteiger partial charge in [-0.25, -0.2) is 0 Å². The van der Waals surface area contributed by atoms with Crippen molar-refractivity contribution in [3.8, 4) is 0 Å². The van der Waals surface area contributed by atoms with E-state index in [1.165, 1.54) is 11.1 Å². The molecule has 4 atom stereocenters. The van der Waals surface area contributed by atoms with Crippen LogP contribution >= 0.6 is 11.6 Å². The van der Waals surface area contributed by atoms with Crippen LogP contribution in [0.3, 0.4) is 0 Å². The zero-order valence-electron chi connectivity index (χ0n) is 14.8. The first-order valence-electron chi connectivity index (χ1n) is 8.97. The quantitative estimate of drug-likeness (QED) is 0.655. The number of nitrogens with zero attached hydrogens (tertiary/aromatic N) is 1. The fourth-order valence-corrected chi connectivity index (χ4v) is 5.18. The molecule has 26 heavy (non-hydrogen) atoms. The molecule has 6 heteroatoms. The predicted octanol–water partition coefficient (Wildman–Crippen LogP) is 2.89. The van der Waals surface area contributed by atoms with E-state index in [-0.39, 0.29) is 47.8 Å². The van der Waals surface area contributed by atoms with Crippen LogP contribution in [0.25, 0.3) is 0 Å². The summed E-state index contributed by atoms with van der Waals surface area (Å²) in [5.74, 6) is -1.17. The highest BCUT2D eigenvalue weighted by Gasteiger charge is 2.63. The highest BCUT2D eigenvalue weighted by atomic mass is 35.5. The summed E-state index contributed by atoms with van der Waals surface area (Å²) in [6, 6.07) is 6.93. The molecule has 2 saturated carbocycles. The molecule has 136 valence electrons. The van der Waals surface area contributed by atoms with Gasteiger partial charge in [0.25, 0.3) is 11.8 Å². The lowest BCUT2D eigenvalue weighted by molar-refractivity contribution is -0.149. The predicted molar refractivity (Wildman–Crippen MR) is 96.7 cm³/mol. The topological polar surface area (TPSA) is 66.5 Å². The van der Waals surface area contributed by atoms with Crippen LogP contribution in [0.4, 0.5) is 0 Å². The van der Waals surface area contributed by atoms with E-state index in [0.29, 0.717) is 5.02 Å². The first-order chi connectivity index (χ1) is 12.4. The Balaban J connectivity index is 1.49. The van der Waals surface area contributed by atoms with Gasteiger partial charge in [0.1, 0.15) is 0 Å². The molecule has 1 aromatic rings. The average Bonchev–Trinajstić information content (AvgIpc) is 3.23. The Morgan fingerprint density at radius 2 is 1.62 bits per heavy atom. The smallest absolute Gasteiger partial charge is 0.252 e. The molecule has 3 amide bonds. The van der Waals surface area contributed by atoms with E-state index < -0.39 is 0 Å². The van der Waals surface area contributed by atoms with Gasteiger partial charge < -0.3 is 0 Å². The van der Waals surface area contributed by atoms with E-state index in [0.717, 1.165) is 23.4 Å². The molecule has 1 saturated heterocycles.